The molecule has 1 aromatic rings. The van der Waals surface area contributed by atoms with Crippen molar-refractivity contribution in [2.45, 2.75) is 25.3 Å². The second kappa shape index (κ2) is 6.87. The molecule has 21 heavy (non-hydrogen) atoms. The molecule has 1 aromatic carbocycles. The molecule has 1 heterocycles. The predicted molar refractivity (Wildman–Crippen MR) is 76.9 cm³/mol. The van der Waals surface area contributed by atoms with Gasteiger partial charge >= 0.3 is 5.97 Å². The average molecular weight is 315 g/mol. The van der Waals surface area contributed by atoms with Crippen molar-refractivity contribution >= 4 is 29.2 Å². The highest BCUT2D eigenvalue weighted by molar-refractivity contribution is 6.30. The Balaban J connectivity index is 1.86. The third-order valence-electron chi connectivity index (χ3n) is 3.48. The molecule has 1 aliphatic heterocycles. The second-order valence-corrected chi connectivity index (χ2v) is 5.39. The molecule has 0 aromatic heterocycles. The van der Waals surface area contributed by atoms with Crippen LogP contribution in [0.25, 0.3) is 0 Å². The Morgan fingerprint density at radius 1 is 1.48 bits per heavy atom. The van der Waals surface area contributed by atoms with Crippen LogP contribution in [0.1, 0.15) is 19.3 Å². The summed E-state index contributed by atoms with van der Waals surface area (Å²) in [6.07, 6.45) is 1.53. The molecule has 0 saturated carbocycles. The molecule has 1 fully saturated rings. The summed E-state index contributed by atoms with van der Waals surface area (Å²) < 4.78 is 13.5. The van der Waals surface area contributed by atoms with Crippen LogP contribution in [0.5, 0.6) is 0 Å². The van der Waals surface area contributed by atoms with Gasteiger partial charge in [0.2, 0.25) is 5.91 Å². The van der Waals surface area contributed by atoms with E-state index in [-0.39, 0.29) is 23.0 Å². The van der Waals surface area contributed by atoms with Gasteiger partial charge in [0.15, 0.2) is 0 Å². The molecule has 1 atom stereocenters. The normalized spacial score (nSPS) is 18.7. The van der Waals surface area contributed by atoms with Crippen LogP contribution in [0.4, 0.5) is 10.1 Å². The summed E-state index contributed by atoms with van der Waals surface area (Å²) in [4.78, 5) is 24.6. The summed E-state index contributed by atoms with van der Waals surface area (Å²) in [5.41, 5.74) is 0.0700. The fourth-order valence-corrected chi connectivity index (χ4v) is 2.58. The number of hydrogen-bond acceptors (Lipinski definition) is 3. The summed E-state index contributed by atoms with van der Waals surface area (Å²) in [6, 6.07) is 3.48. The van der Waals surface area contributed by atoms with Crippen molar-refractivity contribution in [2.24, 2.45) is 0 Å². The van der Waals surface area contributed by atoms with E-state index in [1.807, 2.05) is 0 Å². The van der Waals surface area contributed by atoms with Gasteiger partial charge in [-0.25, -0.2) is 4.39 Å². The summed E-state index contributed by atoms with van der Waals surface area (Å²) in [6.45, 7) is 1.01. The van der Waals surface area contributed by atoms with E-state index >= 15 is 0 Å². The number of rotatable bonds is 5. The maximum absolute atomic E-state index is 13.5. The van der Waals surface area contributed by atoms with E-state index in [0.717, 1.165) is 12.5 Å². The van der Waals surface area contributed by atoms with Gasteiger partial charge in [0, 0.05) is 18.0 Å². The lowest BCUT2D eigenvalue weighted by atomic mass is 10.2. The number of benzene rings is 1. The minimum absolute atomic E-state index is 0.0700. The van der Waals surface area contributed by atoms with Gasteiger partial charge in [0.05, 0.1) is 5.69 Å². The SMILES string of the molecule is O=C(CCN1CCCC1C(=O)O)Nc1ccc(Cl)cc1F. The minimum atomic E-state index is -0.864. The molecule has 0 radical (unpaired) electrons. The molecule has 1 aliphatic rings. The third kappa shape index (κ3) is 4.15. The molecule has 5 nitrogen and oxygen atoms in total. The molecule has 1 amide bonds. The second-order valence-electron chi connectivity index (χ2n) is 4.95. The maximum atomic E-state index is 13.5. The number of carboxylic acids is 1. The number of amides is 1. The summed E-state index contributed by atoms with van der Waals surface area (Å²) in [5, 5.41) is 11.8. The van der Waals surface area contributed by atoms with Gasteiger partial charge < -0.3 is 10.4 Å². The number of halogens is 2. The smallest absolute Gasteiger partial charge is 0.320 e. The van der Waals surface area contributed by atoms with Crippen molar-refractivity contribution in [2.75, 3.05) is 18.4 Å². The van der Waals surface area contributed by atoms with E-state index in [1.165, 1.54) is 12.1 Å². The summed E-state index contributed by atoms with van der Waals surface area (Å²) >= 11 is 5.63. The average Bonchev–Trinajstić information content (AvgIpc) is 2.88. The Hall–Kier alpha value is -1.66. The topological polar surface area (TPSA) is 69.6 Å². The van der Waals surface area contributed by atoms with E-state index in [4.69, 9.17) is 16.7 Å². The van der Waals surface area contributed by atoms with Crippen LogP contribution in [-0.2, 0) is 9.59 Å². The molecule has 0 aliphatic carbocycles. The number of nitrogens with one attached hydrogen (secondary N) is 1. The fourth-order valence-electron chi connectivity index (χ4n) is 2.42. The van der Waals surface area contributed by atoms with Crippen molar-refractivity contribution in [3.05, 3.63) is 29.0 Å². The van der Waals surface area contributed by atoms with Crippen LogP contribution in [0, 0.1) is 5.82 Å². The Kier molecular flexibility index (Phi) is 5.14. The highest BCUT2D eigenvalue weighted by Gasteiger charge is 2.30. The third-order valence-corrected chi connectivity index (χ3v) is 3.72. The number of nitrogens with zero attached hydrogens (tertiary/aromatic N) is 1. The number of aliphatic carboxylic acids is 1. The van der Waals surface area contributed by atoms with Crippen molar-refractivity contribution in [1.29, 1.82) is 0 Å². The monoisotopic (exact) mass is 314 g/mol. The molecular weight excluding hydrogens is 299 g/mol. The molecule has 0 spiro atoms. The molecule has 114 valence electrons. The minimum Gasteiger partial charge on any atom is -0.480 e. The van der Waals surface area contributed by atoms with Gasteiger partial charge in [-0.05, 0) is 37.6 Å². The number of carbonyl (C=O) groups excluding carboxylic acids is 1. The molecular formula is C14H16ClFN2O3. The maximum Gasteiger partial charge on any atom is 0.320 e. The quantitative estimate of drug-likeness (QED) is 0.875. The van der Waals surface area contributed by atoms with Gasteiger partial charge in [-0.3, -0.25) is 14.5 Å². The van der Waals surface area contributed by atoms with Gasteiger partial charge in [-0.1, -0.05) is 11.6 Å². The van der Waals surface area contributed by atoms with Crippen LogP contribution in [0.3, 0.4) is 0 Å². The van der Waals surface area contributed by atoms with Crippen LogP contribution in [0.2, 0.25) is 5.02 Å². The Labute approximate surface area is 126 Å². The van der Waals surface area contributed by atoms with Crippen molar-refractivity contribution in [3.63, 3.8) is 0 Å². The molecule has 2 rings (SSSR count). The molecule has 1 unspecified atom stereocenters. The first kappa shape index (κ1) is 15.7. The van der Waals surface area contributed by atoms with E-state index < -0.39 is 17.8 Å². The lowest BCUT2D eigenvalue weighted by molar-refractivity contribution is -0.142. The zero-order valence-electron chi connectivity index (χ0n) is 11.3. The van der Waals surface area contributed by atoms with Gasteiger partial charge in [-0.15, -0.1) is 0 Å². The van der Waals surface area contributed by atoms with Crippen molar-refractivity contribution in [3.8, 4) is 0 Å². The van der Waals surface area contributed by atoms with E-state index in [2.05, 4.69) is 5.32 Å². The zero-order chi connectivity index (χ0) is 15.4. The molecule has 2 N–H and O–H groups in total. The van der Waals surface area contributed by atoms with Crippen LogP contribution in [-0.4, -0.2) is 41.0 Å². The highest BCUT2D eigenvalue weighted by atomic mass is 35.5. The largest absolute Gasteiger partial charge is 0.480 e. The zero-order valence-corrected chi connectivity index (χ0v) is 12.1. The summed E-state index contributed by atoms with van der Waals surface area (Å²) in [7, 11) is 0. The first-order valence-electron chi connectivity index (χ1n) is 6.69. The Morgan fingerprint density at radius 2 is 2.24 bits per heavy atom. The number of carboxylic acid groups (broad SMARTS) is 1. The van der Waals surface area contributed by atoms with Gasteiger partial charge in [0.1, 0.15) is 11.9 Å². The standard InChI is InChI=1S/C14H16ClFN2O3/c15-9-3-4-11(10(16)8-9)17-13(19)5-7-18-6-1-2-12(18)14(20)21/h3-4,8,12H,1-2,5-7H2,(H,17,19)(H,20,21). The Morgan fingerprint density at radius 3 is 2.90 bits per heavy atom. The van der Waals surface area contributed by atoms with Crippen molar-refractivity contribution in [1.82, 2.24) is 4.90 Å². The van der Waals surface area contributed by atoms with E-state index in [1.54, 1.807) is 4.90 Å². The number of anilines is 1. The van der Waals surface area contributed by atoms with E-state index in [9.17, 15) is 14.0 Å². The number of carbonyl (C=O) groups is 2. The Bertz CT molecular complexity index is 553. The number of hydrogen-bond donors (Lipinski definition) is 2. The first-order chi connectivity index (χ1) is 9.97. The fraction of sp³-hybridized carbons (Fsp3) is 0.429. The lowest BCUT2D eigenvalue weighted by Crippen LogP contribution is -2.37. The first-order valence-corrected chi connectivity index (χ1v) is 7.07. The predicted octanol–water partition coefficient (Wildman–Crippen LogP) is 2.36. The van der Waals surface area contributed by atoms with E-state index in [0.29, 0.717) is 19.5 Å². The number of likely N-dealkylation sites (tertiary alicyclic amines) is 1. The lowest BCUT2D eigenvalue weighted by Gasteiger charge is -2.20. The van der Waals surface area contributed by atoms with Crippen LogP contribution >= 0.6 is 11.6 Å². The van der Waals surface area contributed by atoms with Crippen molar-refractivity contribution < 1.29 is 19.1 Å². The van der Waals surface area contributed by atoms with Gasteiger partial charge in [-0.2, -0.15) is 0 Å². The molecule has 0 bridgehead atoms. The van der Waals surface area contributed by atoms with Crippen LogP contribution in [0.15, 0.2) is 18.2 Å². The van der Waals surface area contributed by atoms with Crippen LogP contribution < -0.4 is 5.32 Å². The highest BCUT2D eigenvalue weighted by Crippen LogP contribution is 2.20. The van der Waals surface area contributed by atoms with Gasteiger partial charge in [0.25, 0.3) is 0 Å². The summed E-state index contributed by atoms with van der Waals surface area (Å²) in [5.74, 6) is -1.82. The molecule has 1 saturated heterocycles. The molecule has 7 heteroatoms.